The minimum Gasteiger partial charge on any atom is -0.405 e. The SMILES string of the molecule is C=c1[nH]c(=Cc2cn(C(C)=O)c3ncccc23)c(=O)o1. The first kappa shape index (κ1) is 12.2. The van der Waals surface area contributed by atoms with Crippen molar-refractivity contribution in [2.75, 3.05) is 0 Å². The van der Waals surface area contributed by atoms with E-state index in [2.05, 4.69) is 16.5 Å². The molecule has 0 saturated heterocycles. The third-order valence-electron chi connectivity index (χ3n) is 2.94. The van der Waals surface area contributed by atoms with E-state index >= 15 is 0 Å². The summed E-state index contributed by atoms with van der Waals surface area (Å²) in [5, 5.41) is 1.06. The van der Waals surface area contributed by atoms with Crippen LogP contribution in [0.2, 0.25) is 0 Å². The number of hydrogen-bond acceptors (Lipinski definition) is 4. The van der Waals surface area contributed by atoms with Crippen molar-refractivity contribution in [3.8, 4) is 0 Å². The first-order valence-electron chi connectivity index (χ1n) is 5.93. The van der Waals surface area contributed by atoms with E-state index in [4.69, 9.17) is 4.42 Å². The summed E-state index contributed by atoms with van der Waals surface area (Å²) in [7, 11) is 0. The number of pyridine rings is 1. The number of oxazole rings is 1. The highest BCUT2D eigenvalue weighted by molar-refractivity contribution is 5.94. The summed E-state index contributed by atoms with van der Waals surface area (Å²) < 4.78 is 6.25. The van der Waals surface area contributed by atoms with Gasteiger partial charge in [0.2, 0.25) is 5.91 Å². The molecular weight excluding hydrogens is 258 g/mol. The van der Waals surface area contributed by atoms with Gasteiger partial charge in [-0.1, -0.05) is 0 Å². The van der Waals surface area contributed by atoms with Crippen LogP contribution in [0.25, 0.3) is 23.7 Å². The normalized spacial score (nSPS) is 12.2. The van der Waals surface area contributed by atoms with E-state index in [1.807, 2.05) is 6.07 Å². The number of hydrogen-bond donors (Lipinski definition) is 1. The highest BCUT2D eigenvalue weighted by Gasteiger charge is 2.10. The zero-order chi connectivity index (χ0) is 14.3. The highest BCUT2D eigenvalue weighted by Crippen LogP contribution is 2.19. The number of carbonyl (C=O) groups is 1. The molecule has 0 saturated carbocycles. The molecule has 20 heavy (non-hydrogen) atoms. The summed E-state index contributed by atoms with van der Waals surface area (Å²) in [6, 6.07) is 3.61. The quantitative estimate of drug-likeness (QED) is 0.685. The van der Waals surface area contributed by atoms with Crippen molar-refractivity contribution in [3.63, 3.8) is 0 Å². The summed E-state index contributed by atoms with van der Waals surface area (Å²) in [5.41, 5.74) is 0.951. The number of fused-ring (bicyclic) bond motifs is 1. The molecule has 0 amide bonds. The van der Waals surface area contributed by atoms with Crippen molar-refractivity contribution >= 4 is 29.6 Å². The van der Waals surface area contributed by atoms with E-state index in [1.165, 1.54) is 11.5 Å². The molecule has 3 rings (SSSR count). The van der Waals surface area contributed by atoms with Gasteiger partial charge in [0.05, 0.1) is 0 Å². The van der Waals surface area contributed by atoms with Gasteiger partial charge in [-0.15, -0.1) is 0 Å². The lowest BCUT2D eigenvalue weighted by Gasteiger charge is -1.95. The topological polar surface area (TPSA) is 80.9 Å². The Morgan fingerprint density at radius 1 is 1.55 bits per heavy atom. The van der Waals surface area contributed by atoms with Gasteiger partial charge in [-0.3, -0.25) is 9.36 Å². The molecule has 1 N–H and O–H groups in total. The number of aromatic nitrogens is 3. The van der Waals surface area contributed by atoms with Crippen LogP contribution in [-0.4, -0.2) is 20.4 Å². The second-order valence-electron chi connectivity index (χ2n) is 4.34. The van der Waals surface area contributed by atoms with E-state index in [1.54, 1.807) is 24.5 Å². The van der Waals surface area contributed by atoms with Gasteiger partial charge in [-0.2, -0.15) is 0 Å². The highest BCUT2D eigenvalue weighted by atomic mass is 16.4. The van der Waals surface area contributed by atoms with Crippen molar-refractivity contribution in [2.24, 2.45) is 0 Å². The molecule has 3 heterocycles. The van der Waals surface area contributed by atoms with Crippen LogP contribution < -0.4 is 16.5 Å². The second kappa shape index (κ2) is 4.34. The number of H-pyrrole nitrogens is 1. The number of nitrogens with one attached hydrogen (secondary N) is 1. The van der Waals surface area contributed by atoms with Crippen molar-refractivity contribution in [3.05, 3.63) is 51.4 Å². The molecule has 0 spiro atoms. The summed E-state index contributed by atoms with van der Waals surface area (Å²) in [6.07, 6.45) is 4.87. The average Bonchev–Trinajstić information content (AvgIpc) is 2.92. The second-order valence-corrected chi connectivity index (χ2v) is 4.34. The summed E-state index contributed by atoms with van der Waals surface area (Å²) in [5.74, 6) is -0.148. The third kappa shape index (κ3) is 1.87. The fourth-order valence-corrected chi connectivity index (χ4v) is 2.08. The molecule has 0 unspecified atom stereocenters. The lowest BCUT2D eigenvalue weighted by atomic mass is 10.2. The molecule has 0 bridgehead atoms. The zero-order valence-electron chi connectivity index (χ0n) is 10.7. The van der Waals surface area contributed by atoms with Crippen LogP contribution in [0.3, 0.4) is 0 Å². The largest absolute Gasteiger partial charge is 0.405 e. The van der Waals surface area contributed by atoms with Crippen LogP contribution in [0.4, 0.5) is 0 Å². The van der Waals surface area contributed by atoms with Gasteiger partial charge < -0.3 is 9.40 Å². The first-order valence-corrected chi connectivity index (χ1v) is 5.93. The van der Waals surface area contributed by atoms with E-state index in [-0.39, 0.29) is 16.8 Å². The Labute approximate surface area is 112 Å². The first-order chi connectivity index (χ1) is 9.56. The monoisotopic (exact) mass is 269 g/mol. The van der Waals surface area contributed by atoms with Crippen molar-refractivity contribution in [1.29, 1.82) is 0 Å². The fourth-order valence-electron chi connectivity index (χ4n) is 2.08. The number of nitrogens with zero attached hydrogens (tertiary/aromatic N) is 2. The van der Waals surface area contributed by atoms with Gasteiger partial charge >= 0.3 is 5.63 Å². The Bertz CT molecular complexity index is 975. The molecule has 0 aliphatic heterocycles. The van der Waals surface area contributed by atoms with E-state index < -0.39 is 5.63 Å². The van der Waals surface area contributed by atoms with Crippen LogP contribution in [0.1, 0.15) is 17.3 Å². The van der Waals surface area contributed by atoms with Gasteiger partial charge in [0.25, 0.3) is 0 Å². The number of carbonyl (C=O) groups excluding carboxylic acids is 1. The van der Waals surface area contributed by atoms with E-state index in [9.17, 15) is 9.59 Å². The molecular formula is C14H11N3O3. The minimum atomic E-state index is -0.498. The van der Waals surface area contributed by atoms with Crippen LogP contribution in [0.5, 0.6) is 0 Å². The third-order valence-corrected chi connectivity index (χ3v) is 2.94. The average molecular weight is 269 g/mol. The minimum absolute atomic E-state index is 0.148. The summed E-state index contributed by atoms with van der Waals surface area (Å²) in [6.45, 7) is 4.98. The fraction of sp³-hybridized carbons (Fsp3) is 0.0714. The Balaban J connectivity index is 2.36. The van der Waals surface area contributed by atoms with Gasteiger partial charge in [-0.25, -0.2) is 9.78 Å². The Morgan fingerprint density at radius 2 is 2.35 bits per heavy atom. The van der Waals surface area contributed by atoms with Crippen LogP contribution in [0.15, 0.2) is 33.7 Å². The van der Waals surface area contributed by atoms with Crippen molar-refractivity contribution in [1.82, 2.24) is 14.5 Å². The van der Waals surface area contributed by atoms with Gasteiger partial charge in [-0.05, 0) is 24.8 Å². The lowest BCUT2D eigenvalue weighted by Crippen LogP contribution is -2.20. The van der Waals surface area contributed by atoms with Gasteiger partial charge in [0, 0.05) is 30.3 Å². The van der Waals surface area contributed by atoms with E-state index in [0.717, 1.165) is 5.39 Å². The van der Waals surface area contributed by atoms with Crippen LogP contribution in [0, 0.1) is 0 Å². The Kier molecular flexibility index (Phi) is 2.64. The predicted octanol–water partition coefficient (Wildman–Crippen LogP) is 0.217. The summed E-state index contributed by atoms with van der Waals surface area (Å²) >= 11 is 0. The molecule has 6 nitrogen and oxygen atoms in total. The molecule has 0 fully saturated rings. The number of rotatable bonds is 1. The maximum Gasteiger partial charge on any atom is 0.361 e. The zero-order valence-corrected chi connectivity index (χ0v) is 10.7. The molecule has 0 aliphatic rings. The van der Waals surface area contributed by atoms with Crippen LogP contribution in [-0.2, 0) is 0 Å². The van der Waals surface area contributed by atoms with Crippen LogP contribution >= 0.6 is 0 Å². The van der Waals surface area contributed by atoms with E-state index in [0.29, 0.717) is 11.2 Å². The maximum absolute atomic E-state index is 11.6. The standard InChI is InChI=1S/C14H11N3O3/c1-8-16-12(14(19)20-8)6-10-7-17(9(2)18)13-11(10)4-3-5-15-13/h3-7,16H,1H2,2H3. The molecule has 100 valence electrons. The van der Waals surface area contributed by atoms with Crippen molar-refractivity contribution in [2.45, 2.75) is 6.92 Å². The molecule has 3 aromatic heterocycles. The molecule has 3 aromatic rings. The molecule has 0 aliphatic carbocycles. The Hall–Kier alpha value is -2.89. The molecule has 0 atom stereocenters. The lowest BCUT2D eigenvalue weighted by molar-refractivity contribution is 0.0941. The van der Waals surface area contributed by atoms with Gasteiger partial charge in [0.1, 0.15) is 11.0 Å². The van der Waals surface area contributed by atoms with Gasteiger partial charge in [0.15, 0.2) is 5.55 Å². The molecule has 0 radical (unpaired) electrons. The smallest absolute Gasteiger partial charge is 0.361 e. The van der Waals surface area contributed by atoms with Crippen molar-refractivity contribution < 1.29 is 9.21 Å². The molecule has 6 heteroatoms. The molecule has 0 aromatic carbocycles. The Morgan fingerprint density at radius 3 is 3.00 bits per heavy atom. The number of aromatic amines is 1. The maximum atomic E-state index is 11.6. The summed E-state index contributed by atoms with van der Waals surface area (Å²) in [4.78, 5) is 30.1. The predicted molar refractivity (Wildman–Crippen MR) is 73.7 cm³/mol.